The molecule has 4 rings (SSSR count). The lowest BCUT2D eigenvalue weighted by atomic mass is 9.96. The molecule has 4 heterocycles. The highest BCUT2D eigenvalue weighted by Gasteiger charge is 2.26. The molecule has 33 heavy (non-hydrogen) atoms. The van der Waals surface area contributed by atoms with Gasteiger partial charge in [-0.3, -0.25) is 14.5 Å². The predicted molar refractivity (Wildman–Crippen MR) is 126 cm³/mol. The Morgan fingerprint density at radius 1 is 1.03 bits per heavy atom. The molecule has 0 aromatic carbocycles. The molecule has 3 saturated heterocycles. The second-order valence-corrected chi connectivity index (χ2v) is 9.05. The molecule has 0 atom stereocenters. The van der Waals surface area contributed by atoms with Gasteiger partial charge in [-0.1, -0.05) is 0 Å². The quantitative estimate of drug-likeness (QED) is 0.490. The van der Waals surface area contributed by atoms with Crippen molar-refractivity contribution in [1.29, 1.82) is 0 Å². The summed E-state index contributed by atoms with van der Waals surface area (Å²) >= 11 is 0. The second kappa shape index (κ2) is 12.1. The lowest BCUT2D eigenvalue weighted by Crippen LogP contribution is -2.41. The molecule has 0 spiro atoms. The Morgan fingerprint density at radius 3 is 2.55 bits per heavy atom. The zero-order valence-corrected chi connectivity index (χ0v) is 19.5. The Bertz CT molecular complexity index is 762. The van der Waals surface area contributed by atoms with Gasteiger partial charge in [0.05, 0.1) is 13.2 Å². The number of rotatable bonds is 10. The SMILES string of the molecule is O=C(NCCCN1CCCC1=O)C1CCN(c2ccc(NCCN3CCOCC3)nn2)CC1. The molecule has 3 fully saturated rings. The number of morpholine rings is 1. The first-order valence-electron chi connectivity index (χ1n) is 12.4. The normalized spacial score (nSPS) is 20.3. The van der Waals surface area contributed by atoms with Crippen LogP contribution in [0.4, 0.5) is 11.6 Å². The molecule has 0 radical (unpaired) electrons. The highest BCUT2D eigenvalue weighted by atomic mass is 16.5. The molecule has 2 N–H and O–H groups in total. The molecule has 3 aliphatic heterocycles. The fourth-order valence-corrected chi connectivity index (χ4v) is 4.69. The van der Waals surface area contributed by atoms with Gasteiger partial charge in [0.1, 0.15) is 5.82 Å². The van der Waals surface area contributed by atoms with Crippen molar-refractivity contribution in [2.24, 2.45) is 5.92 Å². The van der Waals surface area contributed by atoms with Crippen molar-refractivity contribution in [2.45, 2.75) is 32.1 Å². The number of ether oxygens (including phenoxy) is 1. The Labute approximate surface area is 196 Å². The number of carbonyl (C=O) groups excluding carboxylic acids is 2. The van der Waals surface area contributed by atoms with Crippen LogP contribution in [-0.2, 0) is 14.3 Å². The van der Waals surface area contributed by atoms with Crippen molar-refractivity contribution >= 4 is 23.5 Å². The van der Waals surface area contributed by atoms with Gasteiger partial charge in [0.2, 0.25) is 11.8 Å². The van der Waals surface area contributed by atoms with Gasteiger partial charge < -0.3 is 25.2 Å². The molecule has 10 nitrogen and oxygen atoms in total. The monoisotopic (exact) mass is 459 g/mol. The van der Waals surface area contributed by atoms with E-state index in [1.165, 1.54) is 0 Å². The maximum absolute atomic E-state index is 12.5. The van der Waals surface area contributed by atoms with E-state index in [4.69, 9.17) is 4.74 Å². The topological polar surface area (TPSA) is 103 Å². The highest BCUT2D eigenvalue weighted by Crippen LogP contribution is 2.22. The Balaban J connectivity index is 1.11. The Morgan fingerprint density at radius 2 is 1.85 bits per heavy atom. The molecule has 10 heteroatoms. The number of piperidine rings is 1. The minimum Gasteiger partial charge on any atom is -0.379 e. The van der Waals surface area contributed by atoms with Gasteiger partial charge in [-0.25, -0.2) is 0 Å². The van der Waals surface area contributed by atoms with Crippen LogP contribution < -0.4 is 15.5 Å². The summed E-state index contributed by atoms with van der Waals surface area (Å²) in [6.07, 6.45) is 4.08. The minimum atomic E-state index is 0.0451. The van der Waals surface area contributed by atoms with Crippen LogP contribution in [0.5, 0.6) is 0 Å². The van der Waals surface area contributed by atoms with Crippen LogP contribution in [0.25, 0.3) is 0 Å². The van der Waals surface area contributed by atoms with E-state index in [2.05, 4.69) is 30.6 Å². The van der Waals surface area contributed by atoms with Crippen LogP contribution in [-0.4, -0.2) is 104 Å². The summed E-state index contributed by atoms with van der Waals surface area (Å²) in [6.45, 7) is 9.25. The van der Waals surface area contributed by atoms with Crippen LogP contribution in [0.2, 0.25) is 0 Å². The number of nitrogens with one attached hydrogen (secondary N) is 2. The predicted octanol–water partition coefficient (Wildman–Crippen LogP) is 0.566. The number of carbonyl (C=O) groups is 2. The van der Waals surface area contributed by atoms with Crippen LogP contribution in [0.1, 0.15) is 32.1 Å². The lowest BCUT2D eigenvalue weighted by Gasteiger charge is -2.32. The van der Waals surface area contributed by atoms with Gasteiger partial charge in [-0.2, -0.15) is 0 Å². The van der Waals surface area contributed by atoms with Crippen molar-refractivity contribution in [3.8, 4) is 0 Å². The number of anilines is 2. The molecular formula is C23H37N7O3. The van der Waals surface area contributed by atoms with Gasteiger partial charge in [-0.15, -0.1) is 10.2 Å². The van der Waals surface area contributed by atoms with Crippen molar-refractivity contribution in [1.82, 2.24) is 25.3 Å². The third-order valence-corrected chi connectivity index (χ3v) is 6.75. The summed E-state index contributed by atoms with van der Waals surface area (Å²) < 4.78 is 5.37. The number of nitrogens with zero attached hydrogens (tertiary/aromatic N) is 5. The average molecular weight is 460 g/mol. The fourth-order valence-electron chi connectivity index (χ4n) is 4.69. The van der Waals surface area contributed by atoms with Gasteiger partial charge in [0.25, 0.3) is 0 Å². The zero-order valence-electron chi connectivity index (χ0n) is 19.5. The molecule has 0 saturated carbocycles. The van der Waals surface area contributed by atoms with Crippen LogP contribution in [0, 0.1) is 5.92 Å². The van der Waals surface area contributed by atoms with E-state index in [1.54, 1.807) is 0 Å². The van der Waals surface area contributed by atoms with E-state index in [9.17, 15) is 9.59 Å². The first kappa shape index (κ1) is 23.7. The molecule has 0 aliphatic carbocycles. The summed E-state index contributed by atoms with van der Waals surface area (Å²) in [5.74, 6) is 2.07. The van der Waals surface area contributed by atoms with E-state index in [0.29, 0.717) is 13.0 Å². The highest BCUT2D eigenvalue weighted by molar-refractivity contribution is 5.79. The first-order valence-corrected chi connectivity index (χ1v) is 12.4. The number of aromatic nitrogens is 2. The van der Waals surface area contributed by atoms with Crippen LogP contribution >= 0.6 is 0 Å². The summed E-state index contributed by atoms with van der Waals surface area (Å²) in [5.41, 5.74) is 0. The standard InChI is InChI=1S/C23H37N7O3/c31-22-3-1-10-30(22)11-2-8-25-23(32)19-6-12-29(13-7-19)21-5-4-20(26-27-21)24-9-14-28-15-17-33-18-16-28/h4-5,19H,1-3,6-18H2,(H,24,26)(H,25,32). The van der Waals surface area contributed by atoms with Gasteiger partial charge in [0.15, 0.2) is 5.82 Å². The Kier molecular flexibility index (Phi) is 8.71. The molecule has 2 amide bonds. The van der Waals surface area contributed by atoms with Crippen LogP contribution in [0.3, 0.4) is 0 Å². The molecule has 0 bridgehead atoms. The second-order valence-electron chi connectivity index (χ2n) is 9.05. The minimum absolute atomic E-state index is 0.0451. The zero-order chi connectivity index (χ0) is 22.9. The largest absolute Gasteiger partial charge is 0.379 e. The molecular weight excluding hydrogens is 422 g/mol. The Hall–Kier alpha value is -2.46. The first-order chi connectivity index (χ1) is 16.2. The van der Waals surface area contributed by atoms with Crippen molar-refractivity contribution in [3.63, 3.8) is 0 Å². The van der Waals surface area contributed by atoms with Crippen molar-refractivity contribution in [3.05, 3.63) is 12.1 Å². The van der Waals surface area contributed by atoms with E-state index >= 15 is 0 Å². The van der Waals surface area contributed by atoms with Crippen molar-refractivity contribution < 1.29 is 14.3 Å². The number of amides is 2. The van der Waals surface area contributed by atoms with E-state index in [-0.39, 0.29) is 17.7 Å². The molecule has 1 aromatic heterocycles. The smallest absolute Gasteiger partial charge is 0.223 e. The maximum Gasteiger partial charge on any atom is 0.223 e. The number of hydrogen-bond acceptors (Lipinski definition) is 8. The van der Waals surface area contributed by atoms with Crippen molar-refractivity contribution in [2.75, 3.05) is 82.3 Å². The van der Waals surface area contributed by atoms with Gasteiger partial charge >= 0.3 is 0 Å². The lowest BCUT2D eigenvalue weighted by molar-refractivity contribution is -0.127. The van der Waals surface area contributed by atoms with Gasteiger partial charge in [-0.05, 0) is 37.8 Å². The average Bonchev–Trinajstić information content (AvgIpc) is 3.27. The number of likely N-dealkylation sites (tertiary alicyclic amines) is 1. The molecule has 0 unspecified atom stereocenters. The summed E-state index contributed by atoms with van der Waals surface area (Å²) in [5, 5.41) is 15.1. The fraction of sp³-hybridized carbons (Fsp3) is 0.739. The molecule has 1 aromatic rings. The summed E-state index contributed by atoms with van der Waals surface area (Å²) in [6, 6.07) is 3.98. The maximum atomic E-state index is 12.5. The van der Waals surface area contributed by atoms with E-state index in [0.717, 1.165) is 103 Å². The summed E-state index contributed by atoms with van der Waals surface area (Å²) in [7, 11) is 0. The van der Waals surface area contributed by atoms with E-state index in [1.807, 2.05) is 17.0 Å². The van der Waals surface area contributed by atoms with Crippen LogP contribution in [0.15, 0.2) is 12.1 Å². The molecule has 182 valence electrons. The summed E-state index contributed by atoms with van der Waals surface area (Å²) in [4.78, 5) is 30.6. The third kappa shape index (κ3) is 7.01. The van der Waals surface area contributed by atoms with Gasteiger partial charge in [0, 0.05) is 71.2 Å². The third-order valence-electron chi connectivity index (χ3n) is 6.75. The van der Waals surface area contributed by atoms with E-state index < -0.39 is 0 Å². The molecule has 3 aliphatic rings. The number of hydrogen-bond donors (Lipinski definition) is 2.